The number of oxazole rings is 1. The van der Waals surface area contributed by atoms with Crippen LogP contribution in [0.4, 0.5) is 11.4 Å². The largest absolute Gasteiger partial charge is 0.478 e. The summed E-state index contributed by atoms with van der Waals surface area (Å²) in [7, 11) is 0. The van der Waals surface area contributed by atoms with Crippen molar-refractivity contribution in [1.82, 2.24) is 4.98 Å². The number of carboxylic acids is 1. The Morgan fingerprint density at radius 1 is 1.53 bits per heavy atom. The van der Waals surface area contributed by atoms with E-state index >= 15 is 0 Å². The van der Waals surface area contributed by atoms with Gasteiger partial charge in [-0.25, -0.2) is 9.78 Å². The van der Waals surface area contributed by atoms with Crippen LogP contribution in [0.25, 0.3) is 0 Å². The van der Waals surface area contributed by atoms with Gasteiger partial charge < -0.3 is 20.6 Å². The number of hydrogen-bond donors (Lipinski definition) is 3. The number of rotatable bonds is 5. The van der Waals surface area contributed by atoms with Crippen molar-refractivity contribution in [2.75, 3.05) is 11.1 Å². The summed E-state index contributed by atoms with van der Waals surface area (Å²) in [4.78, 5) is 15.2. The molecule has 0 atom stereocenters. The lowest BCUT2D eigenvalue weighted by atomic mass is 10.1. The van der Waals surface area contributed by atoms with E-state index in [4.69, 9.17) is 15.3 Å². The molecular weight excluding hydrogens is 246 g/mol. The summed E-state index contributed by atoms with van der Waals surface area (Å²) in [6.45, 7) is 2.28. The minimum atomic E-state index is -1.01. The Morgan fingerprint density at radius 2 is 2.32 bits per heavy atom. The van der Waals surface area contributed by atoms with Gasteiger partial charge in [0.25, 0.3) is 0 Å². The van der Waals surface area contributed by atoms with Crippen LogP contribution in [0.5, 0.6) is 0 Å². The van der Waals surface area contributed by atoms with Crippen LogP contribution in [-0.4, -0.2) is 16.1 Å². The molecule has 0 amide bonds. The number of nitrogens with one attached hydrogen (secondary N) is 1. The Bertz CT molecular complexity index is 593. The van der Waals surface area contributed by atoms with Gasteiger partial charge >= 0.3 is 5.97 Å². The maximum absolute atomic E-state index is 11.1. The number of hydrogen-bond acceptors (Lipinski definition) is 5. The molecule has 100 valence electrons. The maximum Gasteiger partial charge on any atom is 0.337 e. The number of aryl methyl sites for hydroxylation is 1. The molecule has 0 saturated carbocycles. The van der Waals surface area contributed by atoms with E-state index in [2.05, 4.69) is 10.3 Å². The van der Waals surface area contributed by atoms with Crippen LogP contribution >= 0.6 is 0 Å². The molecule has 19 heavy (non-hydrogen) atoms. The second-order valence-corrected chi connectivity index (χ2v) is 4.04. The summed E-state index contributed by atoms with van der Waals surface area (Å²) in [5.41, 5.74) is 6.76. The molecule has 4 N–H and O–H groups in total. The fourth-order valence-corrected chi connectivity index (χ4v) is 1.66. The molecule has 0 radical (unpaired) electrons. The lowest BCUT2D eigenvalue weighted by Gasteiger charge is -2.08. The minimum Gasteiger partial charge on any atom is -0.478 e. The second-order valence-electron chi connectivity index (χ2n) is 4.04. The molecular formula is C13H15N3O3. The highest BCUT2D eigenvalue weighted by molar-refractivity contribution is 5.95. The average Bonchev–Trinajstić information content (AvgIpc) is 2.84. The van der Waals surface area contributed by atoms with Crippen LogP contribution in [-0.2, 0) is 13.0 Å². The van der Waals surface area contributed by atoms with Crippen molar-refractivity contribution < 1.29 is 14.3 Å². The molecule has 1 aromatic carbocycles. The van der Waals surface area contributed by atoms with Gasteiger partial charge in [-0.3, -0.25) is 0 Å². The van der Waals surface area contributed by atoms with E-state index in [1.807, 2.05) is 6.92 Å². The summed E-state index contributed by atoms with van der Waals surface area (Å²) in [6.07, 6.45) is 2.43. The summed E-state index contributed by atoms with van der Waals surface area (Å²) in [5.74, 6) is 0.294. The molecule has 0 aliphatic carbocycles. The van der Waals surface area contributed by atoms with Gasteiger partial charge in [0, 0.05) is 12.1 Å². The van der Waals surface area contributed by atoms with Gasteiger partial charge in [0.1, 0.15) is 5.76 Å². The minimum absolute atomic E-state index is 0.163. The summed E-state index contributed by atoms with van der Waals surface area (Å²) in [5, 5.41) is 12.0. The van der Waals surface area contributed by atoms with Gasteiger partial charge in [0.15, 0.2) is 0 Å². The fraction of sp³-hybridized carbons (Fsp3) is 0.231. The molecule has 6 heteroatoms. The normalized spacial score (nSPS) is 10.4. The first-order valence-corrected chi connectivity index (χ1v) is 5.90. The summed E-state index contributed by atoms with van der Waals surface area (Å²) < 4.78 is 5.43. The Balaban J connectivity index is 2.14. The molecule has 0 fully saturated rings. The summed E-state index contributed by atoms with van der Waals surface area (Å²) >= 11 is 0. The number of nitrogen functional groups attached to an aromatic ring is 1. The first kappa shape index (κ1) is 12.9. The van der Waals surface area contributed by atoms with Crippen LogP contribution in [0.15, 0.2) is 28.8 Å². The maximum atomic E-state index is 11.1. The smallest absolute Gasteiger partial charge is 0.337 e. The molecule has 2 rings (SSSR count). The van der Waals surface area contributed by atoms with Gasteiger partial charge in [-0.15, -0.1) is 0 Å². The number of nitrogens with two attached hydrogens (primary N) is 1. The molecule has 0 bridgehead atoms. The van der Waals surface area contributed by atoms with E-state index < -0.39 is 5.97 Å². The Labute approximate surface area is 110 Å². The third kappa shape index (κ3) is 3.04. The highest BCUT2D eigenvalue weighted by atomic mass is 16.4. The lowest BCUT2D eigenvalue weighted by Crippen LogP contribution is -2.07. The third-order valence-corrected chi connectivity index (χ3v) is 2.65. The van der Waals surface area contributed by atoms with Gasteiger partial charge in [0.05, 0.1) is 24.0 Å². The van der Waals surface area contributed by atoms with Gasteiger partial charge in [-0.2, -0.15) is 0 Å². The van der Waals surface area contributed by atoms with Crippen molar-refractivity contribution in [3.8, 4) is 0 Å². The molecule has 0 spiro atoms. The van der Waals surface area contributed by atoms with E-state index in [1.54, 1.807) is 18.3 Å². The van der Waals surface area contributed by atoms with Crippen molar-refractivity contribution in [3.63, 3.8) is 0 Å². The number of aromatic carboxylic acids is 1. The first-order chi connectivity index (χ1) is 9.10. The third-order valence-electron chi connectivity index (χ3n) is 2.65. The topological polar surface area (TPSA) is 101 Å². The van der Waals surface area contributed by atoms with E-state index in [9.17, 15) is 4.79 Å². The SMILES string of the molecule is CCc1cnc(CNc2cc(N)ccc2C(=O)O)o1. The van der Waals surface area contributed by atoms with E-state index in [-0.39, 0.29) is 5.56 Å². The van der Waals surface area contributed by atoms with Crippen LogP contribution in [0, 0.1) is 0 Å². The highest BCUT2D eigenvalue weighted by Gasteiger charge is 2.11. The average molecular weight is 261 g/mol. The van der Waals surface area contributed by atoms with Crippen molar-refractivity contribution >= 4 is 17.3 Å². The van der Waals surface area contributed by atoms with Gasteiger partial charge in [-0.05, 0) is 18.2 Å². The zero-order valence-electron chi connectivity index (χ0n) is 10.5. The van der Waals surface area contributed by atoms with E-state index in [0.717, 1.165) is 12.2 Å². The molecule has 0 aliphatic rings. The van der Waals surface area contributed by atoms with Gasteiger partial charge in [-0.1, -0.05) is 6.92 Å². The monoisotopic (exact) mass is 261 g/mol. The number of carbonyl (C=O) groups is 1. The Kier molecular flexibility index (Phi) is 3.70. The number of benzene rings is 1. The zero-order valence-corrected chi connectivity index (χ0v) is 10.5. The molecule has 0 unspecified atom stereocenters. The van der Waals surface area contributed by atoms with Gasteiger partial charge in [0.2, 0.25) is 5.89 Å². The molecule has 0 aliphatic heterocycles. The predicted octanol–water partition coefficient (Wildman–Crippen LogP) is 2.13. The molecule has 6 nitrogen and oxygen atoms in total. The summed E-state index contributed by atoms with van der Waals surface area (Å²) in [6, 6.07) is 4.59. The number of nitrogens with zero attached hydrogens (tertiary/aromatic N) is 1. The van der Waals surface area contributed by atoms with Crippen LogP contribution in [0.2, 0.25) is 0 Å². The molecule has 2 aromatic rings. The standard InChI is InChI=1S/C13H15N3O3/c1-2-9-6-16-12(19-9)7-15-11-5-8(14)3-4-10(11)13(17)18/h3-6,15H,2,7,14H2,1H3,(H,17,18). The molecule has 1 heterocycles. The van der Waals surface area contributed by atoms with Crippen LogP contribution in [0.1, 0.15) is 28.9 Å². The van der Waals surface area contributed by atoms with Crippen molar-refractivity contribution in [2.45, 2.75) is 19.9 Å². The van der Waals surface area contributed by atoms with Crippen molar-refractivity contribution in [3.05, 3.63) is 41.6 Å². The highest BCUT2D eigenvalue weighted by Crippen LogP contribution is 2.20. The Morgan fingerprint density at radius 3 is 2.95 bits per heavy atom. The van der Waals surface area contributed by atoms with E-state index in [0.29, 0.717) is 23.8 Å². The predicted molar refractivity (Wildman–Crippen MR) is 71.0 cm³/mol. The van der Waals surface area contributed by atoms with Crippen molar-refractivity contribution in [2.24, 2.45) is 0 Å². The molecule has 1 aromatic heterocycles. The Hall–Kier alpha value is -2.50. The van der Waals surface area contributed by atoms with E-state index in [1.165, 1.54) is 6.07 Å². The van der Waals surface area contributed by atoms with Crippen LogP contribution < -0.4 is 11.1 Å². The number of anilines is 2. The fourth-order valence-electron chi connectivity index (χ4n) is 1.66. The number of carboxylic acid groups (broad SMARTS) is 1. The zero-order chi connectivity index (χ0) is 13.8. The molecule has 0 saturated heterocycles. The number of aromatic nitrogens is 1. The first-order valence-electron chi connectivity index (χ1n) is 5.90. The van der Waals surface area contributed by atoms with Crippen LogP contribution in [0.3, 0.4) is 0 Å². The quantitative estimate of drug-likeness (QED) is 0.713. The lowest BCUT2D eigenvalue weighted by molar-refractivity contribution is 0.0698. The van der Waals surface area contributed by atoms with Crippen molar-refractivity contribution in [1.29, 1.82) is 0 Å². The second kappa shape index (κ2) is 5.43.